The molecule has 148 valence electrons. The minimum absolute atomic E-state index is 0.0253. The first-order valence-electron chi connectivity index (χ1n) is 8.15. The van der Waals surface area contributed by atoms with Crippen molar-refractivity contribution in [3.8, 4) is 0 Å². The van der Waals surface area contributed by atoms with Crippen molar-refractivity contribution in [1.82, 2.24) is 15.1 Å². The van der Waals surface area contributed by atoms with E-state index < -0.39 is 46.2 Å². The quantitative estimate of drug-likeness (QED) is 0.302. The highest BCUT2D eigenvalue weighted by molar-refractivity contribution is 7.99. The zero-order valence-electron chi connectivity index (χ0n) is 14.9. The number of hydrogen-bond donors (Lipinski definition) is 1. The van der Waals surface area contributed by atoms with E-state index in [0.29, 0.717) is 29.6 Å². The molecule has 1 aromatic heterocycles. The van der Waals surface area contributed by atoms with E-state index in [1.54, 1.807) is 6.92 Å². The van der Waals surface area contributed by atoms with Gasteiger partial charge in [0, 0.05) is 19.2 Å². The number of benzene rings is 1. The second kappa shape index (κ2) is 8.97. The van der Waals surface area contributed by atoms with Crippen LogP contribution in [-0.4, -0.2) is 21.4 Å². The summed E-state index contributed by atoms with van der Waals surface area (Å²) in [6, 6.07) is 0. The molecular formula is C17H18ClF4N3OS. The Morgan fingerprint density at radius 2 is 1.78 bits per heavy atom. The Kier molecular flexibility index (Phi) is 7.16. The van der Waals surface area contributed by atoms with Gasteiger partial charge in [0.05, 0.1) is 15.6 Å². The van der Waals surface area contributed by atoms with E-state index in [0.717, 1.165) is 6.42 Å². The van der Waals surface area contributed by atoms with Gasteiger partial charge in [-0.2, -0.15) is 5.10 Å². The Morgan fingerprint density at radius 3 is 2.26 bits per heavy atom. The lowest BCUT2D eigenvalue weighted by atomic mass is 10.1. The predicted molar refractivity (Wildman–Crippen MR) is 96.0 cm³/mol. The van der Waals surface area contributed by atoms with E-state index in [1.807, 2.05) is 6.92 Å². The average molecular weight is 424 g/mol. The lowest BCUT2D eigenvalue weighted by molar-refractivity contribution is 0.0940. The van der Waals surface area contributed by atoms with Crippen LogP contribution in [0.3, 0.4) is 0 Å². The second-order valence-electron chi connectivity index (χ2n) is 5.82. The van der Waals surface area contributed by atoms with Crippen molar-refractivity contribution in [3.63, 3.8) is 0 Å². The minimum Gasteiger partial charge on any atom is -0.346 e. The molecule has 0 aliphatic heterocycles. The number of nitrogens with one attached hydrogen (secondary N) is 1. The number of carbonyl (C=O) groups excluding carboxylic acids is 1. The van der Waals surface area contributed by atoms with E-state index in [-0.39, 0.29) is 10.7 Å². The monoisotopic (exact) mass is 423 g/mol. The van der Waals surface area contributed by atoms with E-state index in [4.69, 9.17) is 11.6 Å². The van der Waals surface area contributed by atoms with Crippen molar-refractivity contribution in [3.05, 3.63) is 45.2 Å². The lowest BCUT2D eigenvalue weighted by Gasteiger charge is -2.12. The molecule has 0 bridgehead atoms. The Labute approximate surface area is 163 Å². The molecule has 2 rings (SSSR count). The normalized spacial score (nSPS) is 11.1. The Balaban J connectivity index is 2.25. The Bertz CT molecular complexity index is 844. The van der Waals surface area contributed by atoms with Gasteiger partial charge in [-0.1, -0.05) is 24.9 Å². The summed E-state index contributed by atoms with van der Waals surface area (Å²) in [7, 11) is 1.47. The molecule has 1 N–H and O–H groups in total. The topological polar surface area (TPSA) is 46.9 Å². The summed E-state index contributed by atoms with van der Waals surface area (Å²) in [4.78, 5) is 11.5. The zero-order chi connectivity index (χ0) is 20.3. The fourth-order valence-electron chi connectivity index (χ4n) is 2.39. The van der Waals surface area contributed by atoms with Gasteiger partial charge in [0.15, 0.2) is 23.3 Å². The average Bonchev–Trinajstić information content (AvgIpc) is 2.88. The fraction of sp³-hybridized carbons (Fsp3) is 0.412. The highest BCUT2D eigenvalue weighted by Crippen LogP contribution is 2.32. The summed E-state index contributed by atoms with van der Waals surface area (Å²) >= 11 is 6.69. The van der Waals surface area contributed by atoms with Gasteiger partial charge in [0.1, 0.15) is 5.69 Å². The van der Waals surface area contributed by atoms with E-state index >= 15 is 0 Å². The van der Waals surface area contributed by atoms with Crippen LogP contribution in [-0.2, 0) is 13.6 Å². The van der Waals surface area contributed by atoms with Crippen LogP contribution in [0.4, 0.5) is 17.6 Å². The molecule has 0 unspecified atom stereocenters. The van der Waals surface area contributed by atoms with Crippen molar-refractivity contribution < 1.29 is 22.4 Å². The van der Waals surface area contributed by atoms with Crippen molar-refractivity contribution in [1.29, 1.82) is 0 Å². The van der Waals surface area contributed by atoms with Crippen LogP contribution >= 0.6 is 23.4 Å². The maximum Gasteiger partial charge on any atom is 0.271 e. The van der Waals surface area contributed by atoms with Crippen LogP contribution in [0, 0.1) is 30.2 Å². The SMILES string of the molecule is CCCCSc1c(F)c(F)c(CNC(=O)c2c(Cl)c(C)nn2C)c(F)c1F. The summed E-state index contributed by atoms with van der Waals surface area (Å²) in [6.45, 7) is 2.72. The third-order valence-corrected chi connectivity index (χ3v) is 5.44. The molecule has 0 aliphatic carbocycles. The molecule has 0 saturated heterocycles. The second-order valence-corrected chi connectivity index (χ2v) is 7.30. The standard InChI is InChI=1S/C17H18ClF4N3OS/c1-4-5-6-27-16-13(21)11(19)9(12(20)14(16)22)7-23-17(26)15-10(18)8(2)24-25(15)3/h4-7H2,1-3H3,(H,23,26). The van der Waals surface area contributed by atoms with Gasteiger partial charge in [-0.15, -0.1) is 11.8 Å². The van der Waals surface area contributed by atoms with Crippen LogP contribution < -0.4 is 5.32 Å². The summed E-state index contributed by atoms with van der Waals surface area (Å²) in [5.74, 6) is -6.43. The molecule has 10 heteroatoms. The minimum atomic E-state index is -1.53. The number of thioether (sulfide) groups is 1. The van der Waals surface area contributed by atoms with Gasteiger partial charge < -0.3 is 5.32 Å². The Morgan fingerprint density at radius 1 is 1.19 bits per heavy atom. The molecule has 1 heterocycles. The fourth-order valence-corrected chi connectivity index (χ4v) is 3.70. The first kappa shape index (κ1) is 21.6. The lowest BCUT2D eigenvalue weighted by Crippen LogP contribution is -2.27. The van der Waals surface area contributed by atoms with Crippen molar-refractivity contribution in [2.75, 3.05) is 5.75 Å². The number of aromatic nitrogens is 2. The number of halogens is 5. The van der Waals surface area contributed by atoms with Gasteiger partial charge >= 0.3 is 0 Å². The molecule has 0 fully saturated rings. The van der Waals surface area contributed by atoms with Crippen LogP contribution in [0.1, 0.15) is 41.5 Å². The van der Waals surface area contributed by atoms with Crippen LogP contribution in [0.15, 0.2) is 4.90 Å². The molecule has 4 nitrogen and oxygen atoms in total. The number of unbranched alkanes of at least 4 members (excludes halogenated alkanes) is 1. The molecule has 1 amide bonds. The van der Waals surface area contributed by atoms with E-state index in [2.05, 4.69) is 10.4 Å². The maximum absolute atomic E-state index is 14.2. The van der Waals surface area contributed by atoms with Crippen LogP contribution in [0.5, 0.6) is 0 Å². The third-order valence-electron chi connectivity index (χ3n) is 3.85. The van der Waals surface area contributed by atoms with Crippen molar-refractivity contribution in [2.45, 2.75) is 38.1 Å². The van der Waals surface area contributed by atoms with Gasteiger partial charge in [-0.3, -0.25) is 9.48 Å². The number of rotatable bonds is 7. The molecule has 0 spiro atoms. The number of carbonyl (C=O) groups is 1. The number of nitrogens with zero attached hydrogens (tertiary/aromatic N) is 2. The maximum atomic E-state index is 14.2. The van der Waals surface area contributed by atoms with Gasteiger partial charge in [-0.25, -0.2) is 17.6 Å². The molecule has 0 aliphatic rings. The highest BCUT2D eigenvalue weighted by atomic mass is 35.5. The molecular weight excluding hydrogens is 406 g/mol. The number of hydrogen-bond acceptors (Lipinski definition) is 3. The van der Waals surface area contributed by atoms with Gasteiger partial charge in [-0.05, 0) is 19.1 Å². The van der Waals surface area contributed by atoms with E-state index in [9.17, 15) is 22.4 Å². The van der Waals surface area contributed by atoms with Crippen molar-refractivity contribution >= 4 is 29.3 Å². The largest absolute Gasteiger partial charge is 0.346 e. The van der Waals surface area contributed by atoms with Gasteiger partial charge in [0.2, 0.25) is 0 Å². The highest BCUT2D eigenvalue weighted by Gasteiger charge is 2.26. The molecule has 0 atom stereocenters. The zero-order valence-corrected chi connectivity index (χ0v) is 16.5. The van der Waals surface area contributed by atoms with E-state index in [1.165, 1.54) is 11.7 Å². The summed E-state index contributed by atoms with van der Waals surface area (Å²) in [5.41, 5.74) is -0.525. The van der Waals surface area contributed by atoms with Crippen LogP contribution in [0.25, 0.3) is 0 Å². The first-order valence-corrected chi connectivity index (χ1v) is 9.51. The molecule has 0 saturated carbocycles. The smallest absolute Gasteiger partial charge is 0.271 e. The Hall–Kier alpha value is -1.74. The number of amides is 1. The molecule has 1 aromatic carbocycles. The predicted octanol–water partition coefficient (Wildman–Crippen LogP) is 4.76. The molecule has 0 radical (unpaired) electrons. The number of aryl methyl sites for hydroxylation is 2. The summed E-state index contributed by atoms with van der Waals surface area (Å²) in [5, 5.41) is 6.24. The molecule has 27 heavy (non-hydrogen) atoms. The van der Waals surface area contributed by atoms with Crippen molar-refractivity contribution in [2.24, 2.45) is 7.05 Å². The molecule has 2 aromatic rings. The summed E-state index contributed by atoms with van der Waals surface area (Å²) in [6.07, 6.45) is 1.43. The van der Waals surface area contributed by atoms with Crippen LogP contribution in [0.2, 0.25) is 5.02 Å². The van der Waals surface area contributed by atoms with Gasteiger partial charge in [0.25, 0.3) is 5.91 Å². The first-order chi connectivity index (χ1) is 12.7. The summed E-state index contributed by atoms with van der Waals surface area (Å²) < 4.78 is 58.0. The third kappa shape index (κ3) is 4.40.